The average molecular weight is 232 g/mol. The fourth-order valence-corrected chi connectivity index (χ4v) is 1.45. The van der Waals surface area contributed by atoms with Crippen molar-refractivity contribution in [3.63, 3.8) is 0 Å². The van der Waals surface area contributed by atoms with Crippen molar-refractivity contribution in [2.75, 3.05) is 6.54 Å². The molecule has 1 atom stereocenters. The van der Waals surface area contributed by atoms with Crippen molar-refractivity contribution in [3.05, 3.63) is 41.4 Å². The Morgan fingerprint density at radius 2 is 2.36 bits per heavy atom. The van der Waals surface area contributed by atoms with Crippen LogP contribution in [0.3, 0.4) is 0 Å². The number of hydrogen-bond acceptors (Lipinski definition) is 1. The van der Waals surface area contributed by atoms with E-state index in [9.17, 15) is 4.21 Å². The van der Waals surface area contributed by atoms with E-state index in [1.807, 2.05) is 6.07 Å². The second-order valence-electron chi connectivity index (χ2n) is 2.68. The van der Waals surface area contributed by atoms with E-state index < -0.39 is 11.3 Å². The number of nitrogens with one attached hydrogen (secondary N) is 1. The summed E-state index contributed by atoms with van der Waals surface area (Å²) in [5.41, 5.74) is 1.57. The van der Waals surface area contributed by atoms with Gasteiger partial charge >= 0.3 is 0 Å². The number of rotatable bonds is 4. The highest BCUT2D eigenvalue weighted by Crippen LogP contribution is 2.16. The summed E-state index contributed by atoms with van der Waals surface area (Å²) in [5.74, 6) is 0. The van der Waals surface area contributed by atoms with Crippen molar-refractivity contribution in [2.24, 2.45) is 0 Å². The summed E-state index contributed by atoms with van der Waals surface area (Å²) in [6, 6.07) is 7.16. The molecule has 0 spiro atoms. The molecule has 0 amide bonds. The first-order valence-electron chi connectivity index (χ1n) is 3.87. The van der Waals surface area contributed by atoms with E-state index >= 15 is 0 Å². The predicted octanol–water partition coefficient (Wildman–Crippen LogP) is 2.08. The van der Waals surface area contributed by atoms with Crippen LogP contribution in [-0.4, -0.2) is 15.3 Å². The van der Waals surface area contributed by atoms with Crippen LogP contribution >= 0.6 is 11.6 Å². The number of hydrogen-bond donors (Lipinski definition) is 2. The Bertz CT molecular complexity index is 368. The molecule has 1 rings (SSSR count). The summed E-state index contributed by atoms with van der Waals surface area (Å²) in [6.45, 7) is 4.02. The van der Waals surface area contributed by atoms with Crippen molar-refractivity contribution >= 4 is 28.4 Å². The third kappa shape index (κ3) is 3.59. The van der Waals surface area contributed by atoms with Crippen LogP contribution < -0.4 is 4.72 Å². The molecule has 2 N–H and O–H groups in total. The van der Waals surface area contributed by atoms with E-state index in [1.165, 1.54) is 0 Å². The number of benzene rings is 1. The highest BCUT2D eigenvalue weighted by atomic mass is 35.5. The van der Waals surface area contributed by atoms with E-state index in [0.717, 1.165) is 11.1 Å². The molecule has 3 nitrogen and oxygen atoms in total. The van der Waals surface area contributed by atoms with Gasteiger partial charge in [0.15, 0.2) is 0 Å². The third-order valence-corrected chi connectivity index (χ3v) is 2.27. The quantitative estimate of drug-likeness (QED) is 0.780. The van der Waals surface area contributed by atoms with Crippen molar-refractivity contribution in [1.82, 2.24) is 4.72 Å². The highest BCUT2D eigenvalue weighted by molar-refractivity contribution is 7.77. The van der Waals surface area contributed by atoms with Gasteiger partial charge in [0.2, 0.25) is 11.3 Å². The Balaban J connectivity index is 2.65. The molecule has 1 aromatic rings. The van der Waals surface area contributed by atoms with Crippen molar-refractivity contribution < 1.29 is 8.76 Å². The van der Waals surface area contributed by atoms with E-state index in [-0.39, 0.29) is 6.54 Å². The minimum atomic E-state index is -2.01. The van der Waals surface area contributed by atoms with E-state index in [4.69, 9.17) is 16.2 Å². The Hall–Kier alpha value is -0.680. The monoisotopic (exact) mass is 231 g/mol. The van der Waals surface area contributed by atoms with E-state index in [1.54, 1.807) is 18.2 Å². The lowest BCUT2D eigenvalue weighted by molar-refractivity contribution is 0.553. The van der Waals surface area contributed by atoms with Gasteiger partial charge in [0.1, 0.15) is 0 Å². The molecule has 5 heteroatoms. The van der Waals surface area contributed by atoms with Gasteiger partial charge in [-0.1, -0.05) is 30.3 Å². The molecule has 0 aliphatic carbocycles. The molecule has 1 aromatic carbocycles. The zero-order valence-corrected chi connectivity index (χ0v) is 8.94. The molecule has 0 fully saturated rings. The van der Waals surface area contributed by atoms with Crippen molar-refractivity contribution in [2.45, 2.75) is 0 Å². The fourth-order valence-electron chi connectivity index (χ4n) is 0.959. The largest absolute Gasteiger partial charge is 0.294 e. The molecule has 14 heavy (non-hydrogen) atoms. The zero-order valence-electron chi connectivity index (χ0n) is 7.37. The third-order valence-electron chi connectivity index (χ3n) is 1.64. The van der Waals surface area contributed by atoms with Crippen molar-refractivity contribution in [3.8, 4) is 0 Å². The lowest BCUT2D eigenvalue weighted by Gasteiger charge is -2.05. The van der Waals surface area contributed by atoms with Gasteiger partial charge in [-0.25, -0.2) is 8.93 Å². The molecule has 0 aliphatic rings. The van der Waals surface area contributed by atoms with Crippen LogP contribution in [-0.2, 0) is 11.3 Å². The van der Waals surface area contributed by atoms with Crippen LogP contribution in [0.15, 0.2) is 30.8 Å². The fraction of sp³-hybridized carbons (Fsp3) is 0.111. The molecule has 0 radical (unpaired) electrons. The van der Waals surface area contributed by atoms with Gasteiger partial charge in [0, 0.05) is 11.6 Å². The summed E-state index contributed by atoms with van der Waals surface area (Å²) in [6.07, 6.45) is 0. The minimum Gasteiger partial charge on any atom is -0.294 e. The van der Waals surface area contributed by atoms with Crippen LogP contribution in [0.2, 0.25) is 5.02 Å². The maximum atomic E-state index is 10.3. The maximum absolute atomic E-state index is 10.3. The normalized spacial score (nSPS) is 12.4. The van der Waals surface area contributed by atoms with E-state index in [2.05, 4.69) is 11.3 Å². The first-order chi connectivity index (χ1) is 6.59. The maximum Gasteiger partial charge on any atom is 0.232 e. The highest BCUT2D eigenvalue weighted by Gasteiger charge is 2.00. The molecular weight excluding hydrogens is 222 g/mol. The lowest BCUT2D eigenvalue weighted by atomic mass is 10.1. The first kappa shape index (κ1) is 11.4. The summed E-state index contributed by atoms with van der Waals surface area (Å²) >= 11 is 3.77. The topological polar surface area (TPSA) is 49.3 Å². The molecule has 0 heterocycles. The molecule has 0 aromatic heterocycles. The summed E-state index contributed by atoms with van der Waals surface area (Å²) < 4.78 is 21.2. The van der Waals surface area contributed by atoms with Crippen LogP contribution in [0.1, 0.15) is 5.56 Å². The average Bonchev–Trinajstić information content (AvgIpc) is 2.14. The Labute approximate surface area is 90.2 Å². The van der Waals surface area contributed by atoms with Gasteiger partial charge in [-0.05, 0) is 23.3 Å². The van der Waals surface area contributed by atoms with Gasteiger partial charge in [0.25, 0.3) is 0 Å². The lowest BCUT2D eigenvalue weighted by Crippen LogP contribution is -2.18. The molecule has 0 saturated heterocycles. The minimum absolute atomic E-state index is 0.253. The van der Waals surface area contributed by atoms with E-state index in [0.29, 0.717) is 5.02 Å². The second-order valence-corrected chi connectivity index (χ2v) is 3.91. The van der Waals surface area contributed by atoms with Gasteiger partial charge in [-0.15, -0.1) is 0 Å². The Kier molecular flexibility index (Phi) is 4.28. The Morgan fingerprint density at radius 3 is 2.93 bits per heavy atom. The summed E-state index contributed by atoms with van der Waals surface area (Å²) in [7, 11) is 0. The van der Waals surface area contributed by atoms with Crippen LogP contribution in [0.5, 0.6) is 0 Å². The summed E-state index contributed by atoms with van der Waals surface area (Å²) in [4.78, 5) is 0. The predicted molar refractivity (Wildman–Crippen MR) is 59.3 cm³/mol. The number of halogens is 1. The molecular formula is C9H10ClNO2S. The molecule has 0 aliphatic heterocycles. The summed E-state index contributed by atoms with van der Waals surface area (Å²) in [5, 5.41) is 0.619. The Morgan fingerprint density at radius 1 is 1.64 bits per heavy atom. The molecule has 0 bridgehead atoms. The van der Waals surface area contributed by atoms with Gasteiger partial charge in [0.05, 0.1) is 0 Å². The van der Waals surface area contributed by atoms with Gasteiger partial charge in [-0.3, -0.25) is 4.55 Å². The second kappa shape index (κ2) is 5.26. The van der Waals surface area contributed by atoms with Crippen molar-refractivity contribution in [1.29, 1.82) is 0 Å². The van der Waals surface area contributed by atoms with Crippen LogP contribution in [0.25, 0.3) is 5.57 Å². The first-order valence-corrected chi connectivity index (χ1v) is 5.36. The SMILES string of the molecule is C=C(CNS(=O)O)c1cccc(Cl)c1. The van der Waals surface area contributed by atoms with Crippen LogP contribution in [0.4, 0.5) is 0 Å². The molecule has 76 valence electrons. The zero-order chi connectivity index (χ0) is 10.6. The molecule has 1 unspecified atom stereocenters. The standard InChI is InChI=1S/C9H10ClNO2S/c1-7(6-11-14(12)13)8-3-2-4-9(10)5-8/h2-5,11H,1,6H2,(H,12,13). The van der Waals surface area contributed by atoms with Gasteiger partial charge < -0.3 is 0 Å². The smallest absolute Gasteiger partial charge is 0.232 e. The van der Waals surface area contributed by atoms with Gasteiger partial charge in [-0.2, -0.15) is 0 Å². The molecule has 0 saturated carbocycles. The van der Waals surface area contributed by atoms with Crippen LogP contribution in [0, 0.1) is 0 Å².